The van der Waals surface area contributed by atoms with Gasteiger partial charge in [-0.1, -0.05) is 36.4 Å². The number of rotatable bonds is 4. The topological polar surface area (TPSA) is 60.9 Å². The fourth-order valence-corrected chi connectivity index (χ4v) is 4.64. The van der Waals surface area contributed by atoms with E-state index < -0.39 is 0 Å². The molecule has 2 fully saturated rings. The first-order valence-corrected chi connectivity index (χ1v) is 9.67. The molecule has 3 atom stereocenters. The van der Waals surface area contributed by atoms with Crippen molar-refractivity contribution < 1.29 is 14.7 Å². The number of hydrogen-bond donors (Lipinski definition) is 1. The molecule has 2 heterocycles. The van der Waals surface area contributed by atoms with Crippen molar-refractivity contribution in [2.75, 3.05) is 19.7 Å². The maximum absolute atomic E-state index is 13.0. The van der Waals surface area contributed by atoms with E-state index in [1.54, 1.807) is 9.80 Å². The van der Waals surface area contributed by atoms with Gasteiger partial charge < -0.3 is 14.9 Å². The summed E-state index contributed by atoms with van der Waals surface area (Å²) < 4.78 is 0. The van der Waals surface area contributed by atoms with Gasteiger partial charge in [-0.15, -0.1) is 0 Å². The van der Waals surface area contributed by atoms with Crippen molar-refractivity contribution in [2.45, 2.75) is 50.1 Å². The maximum atomic E-state index is 13.0. The monoisotopic (exact) mass is 354 g/mol. The summed E-state index contributed by atoms with van der Waals surface area (Å²) in [6.07, 6.45) is 7.98. The van der Waals surface area contributed by atoms with E-state index in [9.17, 15) is 14.7 Å². The predicted molar refractivity (Wildman–Crippen MR) is 99.4 cm³/mol. The van der Waals surface area contributed by atoms with Gasteiger partial charge in [-0.3, -0.25) is 9.59 Å². The third kappa shape index (κ3) is 3.05. The number of hydrogen-bond acceptors (Lipinski definition) is 3. The number of allylic oxidation sites excluding steroid dienone is 1. The third-order valence-corrected chi connectivity index (χ3v) is 6.03. The minimum absolute atomic E-state index is 0.00998. The van der Waals surface area contributed by atoms with Crippen molar-refractivity contribution in [3.05, 3.63) is 41.5 Å². The number of likely N-dealkylation sites (tertiary alicyclic amines) is 2. The summed E-state index contributed by atoms with van der Waals surface area (Å²) in [5.41, 5.74) is 2.38. The number of fused-ring (bicyclic) bond motifs is 1. The quantitative estimate of drug-likeness (QED) is 0.901. The van der Waals surface area contributed by atoms with Gasteiger partial charge in [0.25, 0.3) is 0 Å². The zero-order valence-corrected chi connectivity index (χ0v) is 15.0. The summed E-state index contributed by atoms with van der Waals surface area (Å²) in [6.45, 7) is 1.36. The molecule has 2 amide bonds. The molecule has 5 nitrogen and oxygen atoms in total. The first-order chi connectivity index (χ1) is 12.7. The van der Waals surface area contributed by atoms with Crippen LogP contribution < -0.4 is 0 Å². The van der Waals surface area contributed by atoms with Crippen molar-refractivity contribution in [1.82, 2.24) is 9.80 Å². The molecule has 26 heavy (non-hydrogen) atoms. The fraction of sp³-hybridized carbons (Fsp3) is 0.524. The second-order valence-electron chi connectivity index (χ2n) is 7.55. The Kier molecular flexibility index (Phi) is 4.81. The number of nitrogens with zero attached hydrogens (tertiary/aromatic N) is 2. The molecule has 1 unspecified atom stereocenters. The van der Waals surface area contributed by atoms with Crippen LogP contribution in [0.4, 0.5) is 0 Å². The summed E-state index contributed by atoms with van der Waals surface area (Å²) in [5, 5.41) is 9.50. The van der Waals surface area contributed by atoms with Crippen LogP contribution in [0.1, 0.15) is 49.1 Å². The van der Waals surface area contributed by atoms with E-state index in [1.165, 1.54) is 11.1 Å². The minimum atomic E-state index is -0.352. The lowest BCUT2D eigenvalue weighted by Gasteiger charge is -2.31. The van der Waals surface area contributed by atoms with Crippen LogP contribution in [0.15, 0.2) is 30.3 Å². The minimum Gasteiger partial charge on any atom is -0.394 e. The first kappa shape index (κ1) is 17.3. The smallest absolute Gasteiger partial charge is 0.245 e. The van der Waals surface area contributed by atoms with Crippen LogP contribution >= 0.6 is 0 Å². The molecular weight excluding hydrogens is 328 g/mol. The fourth-order valence-electron chi connectivity index (χ4n) is 4.64. The number of benzene rings is 1. The number of aliphatic hydroxyl groups is 1. The number of carbonyl (C=O) groups excluding carboxylic acids is 2. The molecule has 5 heteroatoms. The molecule has 138 valence electrons. The van der Waals surface area contributed by atoms with E-state index in [0.717, 1.165) is 25.7 Å². The van der Waals surface area contributed by atoms with Crippen molar-refractivity contribution in [1.29, 1.82) is 0 Å². The Morgan fingerprint density at radius 2 is 1.85 bits per heavy atom. The van der Waals surface area contributed by atoms with E-state index in [2.05, 4.69) is 24.3 Å². The highest BCUT2D eigenvalue weighted by Crippen LogP contribution is 2.34. The molecule has 1 aromatic carbocycles. The molecule has 0 radical (unpaired) electrons. The van der Waals surface area contributed by atoms with Gasteiger partial charge in [0.15, 0.2) is 0 Å². The summed E-state index contributed by atoms with van der Waals surface area (Å²) >= 11 is 0. The average Bonchev–Trinajstić information content (AvgIpc) is 3.40. The van der Waals surface area contributed by atoms with Crippen LogP contribution in [0.5, 0.6) is 0 Å². The Bertz CT molecular complexity index is 730. The van der Waals surface area contributed by atoms with Crippen LogP contribution in [0.3, 0.4) is 0 Å². The van der Waals surface area contributed by atoms with Gasteiger partial charge >= 0.3 is 0 Å². The number of aliphatic hydroxyl groups excluding tert-OH is 1. The maximum Gasteiger partial charge on any atom is 0.245 e. The van der Waals surface area contributed by atoms with Gasteiger partial charge in [-0.2, -0.15) is 0 Å². The lowest BCUT2D eigenvalue weighted by atomic mass is 9.97. The van der Waals surface area contributed by atoms with Crippen molar-refractivity contribution in [2.24, 2.45) is 0 Å². The predicted octanol–water partition coefficient (Wildman–Crippen LogP) is 2.16. The molecule has 0 spiro atoms. The van der Waals surface area contributed by atoms with E-state index in [-0.39, 0.29) is 36.4 Å². The molecule has 0 aromatic heterocycles. The van der Waals surface area contributed by atoms with Crippen LogP contribution in [0.2, 0.25) is 0 Å². The standard InChI is InChI=1S/C21H26N2O3/c24-14-17-6-3-11-22(17)21(26)19-8-4-12-23(19)20(25)13-16-10-9-15-5-1-2-7-18(15)16/h1-2,5,7,9-10,16-17,19,24H,3-4,6,8,11-14H2/t16?,17-,19-/m0/s1. The Morgan fingerprint density at radius 3 is 2.69 bits per heavy atom. The number of carbonyl (C=O) groups is 2. The molecule has 3 aliphatic rings. The Hall–Kier alpha value is -2.14. The molecule has 1 N–H and O–H groups in total. The number of amides is 2. The highest BCUT2D eigenvalue weighted by atomic mass is 16.3. The second-order valence-corrected chi connectivity index (χ2v) is 7.55. The Labute approximate surface area is 154 Å². The zero-order valence-electron chi connectivity index (χ0n) is 15.0. The molecule has 2 aliphatic heterocycles. The van der Waals surface area contributed by atoms with E-state index in [1.807, 2.05) is 12.1 Å². The van der Waals surface area contributed by atoms with Crippen molar-refractivity contribution in [3.8, 4) is 0 Å². The van der Waals surface area contributed by atoms with E-state index in [0.29, 0.717) is 19.5 Å². The SMILES string of the molecule is O=C([C@@H]1CCCN1C(=O)CC1C=Cc2ccccc21)N1CCC[C@H]1CO. The molecule has 2 saturated heterocycles. The molecular formula is C21H26N2O3. The summed E-state index contributed by atoms with van der Waals surface area (Å²) in [4.78, 5) is 29.5. The average molecular weight is 354 g/mol. The Morgan fingerprint density at radius 1 is 1.08 bits per heavy atom. The molecule has 1 aliphatic carbocycles. The highest BCUT2D eigenvalue weighted by Gasteiger charge is 2.40. The van der Waals surface area contributed by atoms with Crippen LogP contribution in [-0.2, 0) is 9.59 Å². The normalized spacial score (nSPS) is 27.2. The van der Waals surface area contributed by atoms with Gasteiger partial charge in [0.1, 0.15) is 6.04 Å². The van der Waals surface area contributed by atoms with Crippen molar-refractivity contribution in [3.63, 3.8) is 0 Å². The largest absolute Gasteiger partial charge is 0.394 e. The van der Waals surface area contributed by atoms with E-state index in [4.69, 9.17) is 0 Å². The first-order valence-electron chi connectivity index (χ1n) is 9.67. The molecule has 1 aromatic rings. The van der Waals surface area contributed by atoms with Gasteiger partial charge in [0.05, 0.1) is 12.6 Å². The van der Waals surface area contributed by atoms with Gasteiger partial charge in [0, 0.05) is 25.4 Å². The zero-order chi connectivity index (χ0) is 18.1. The van der Waals surface area contributed by atoms with Gasteiger partial charge in [-0.25, -0.2) is 0 Å². The van der Waals surface area contributed by atoms with Crippen LogP contribution in [-0.4, -0.2) is 58.5 Å². The van der Waals surface area contributed by atoms with E-state index >= 15 is 0 Å². The lowest BCUT2D eigenvalue weighted by Crippen LogP contribution is -2.50. The molecule has 4 rings (SSSR count). The van der Waals surface area contributed by atoms with Crippen molar-refractivity contribution >= 4 is 17.9 Å². The van der Waals surface area contributed by atoms with Gasteiger partial charge in [0.2, 0.25) is 11.8 Å². The molecule has 0 saturated carbocycles. The highest BCUT2D eigenvalue weighted by molar-refractivity contribution is 5.89. The van der Waals surface area contributed by atoms with Gasteiger partial charge in [-0.05, 0) is 36.8 Å². The third-order valence-electron chi connectivity index (χ3n) is 6.03. The summed E-state index contributed by atoms with van der Waals surface area (Å²) in [5.74, 6) is 0.189. The second kappa shape index (κ2) is 7.23. The van der Waals surface area contributed by atoms with Crippen LogP contribution in [0.25, 0.3) is 6.08 Å². The Balaban J connectivity index is 1.44. The van der Waals surface area contributed by atoms with Crippen LogP contribution in [0, 0.1) is 0 Å². The summed E-state index contributed by atoms with van der Waals surface area (Å²) in [7, 11) is 0. The molecule has 0 bridgehead atoms. The lowest BCUT2D eigenvalue weighted by molar-refractivity contribution is -0.144. The summed E-state index contributed by atoms with van der Waals surface area (Å²) in [6, 6.07) is 7.74.